The van der Waals surface area contributed by atoms with Crippen LogP contribution in [0.1, 0.15) is 60.8 Å². The van der Waals surface area contributed by atoms with Crippen molar-refractivity contribution in [2.45, 2.75) is 76.4 Å². The molecule has 0 bridgehead atoms. The predicted molar refractivity (Wildman–Crippen MR) is 157 cm³/mol. The molecule has 0 spiro atoms. The number of nitrogens with one attached hydrogen (secondary N) is 2. The lowest BCUT2D eigenvalue weighted by molar-refractivity contribution is -0.142. The highest BCUT2D eigenvalue weighted by Gasteiger charge is 2.39. The van der Waals surface area contributed by atoms with Crippen LogP contribution in [0.25, 0.3) is 0 Å². The maximum atomic E-state index is 13.9. The van der Waals surface area contributed by atoms with Gasteiger partial charge in [-0.2, -0.15) is 0 Å². The SMILES string of the molecule is Cc1ccc(CN)c(CNC(=O)[C@@H]2CCCN2C(=O)[C@@H](CC(=O)N2CCCCC2)NS(=O)(=O)Cc2ccccc2)c1. The first-order chi connectivity index (χ1) is 19.7. The van der Waals surface area contributed by atoms with Gasteiger partial charge in [-0.1, -0.05) is 54.1 Å². The van der Waals surface area contributed by atoms with Crippen LogP contribution in [0.2, 0.25) is 0 Å². The van der Waals surface area contributed by atoms with Crippen molar-refractivity contribution in [1.82, 2.24) is 19.8 Å². The number of piperidine rings is 1. The first-order valence-electron chi connectivity index (χ1n) is 14.3. The molecule has 2 aromatic rings. The maximum Gasteiger partial charge on any atom is 0.243 e. The molecule has 0 aliphatic carbocycles. The Hall–Kier alpha value is -3.28. The van der Waals surface area contributed by atoms with Gasteiger partial charge in [-0.3, -0.25) is 14.4 Å². The number of aryl methyl sites for hydroxylation is 1. The largest absolute Gasteiger partial charge is 0.350 e. The van der Waals surface area contributed by atoms with Crippen molar-refractivity contribution in [3.63, 3.8) is 0 Å². The number of likely N-dealkylation sites (tertiary alicyclic amines) is 2. The first-order valence-corrected chi connectivity index (χ1v) is 16.0. The molecule has 0 aromatic heterocycles. The number of nitrogens with two attached hydrogens (primary N) is 1. The van der Waals surface area contributed by atoms with E-state index in [1.165, 1.54) is 4.90 Å². The highest BCUT2D eigenvalue weighted by molar-refractivity contribution is 7.88. The Morgan fingerprint density at radius 2 is 1.71 bits per heavy atom. The van der Waals surface area contributed by atoms with Crippen LogP contribution in [0, 0.1) is 6.92 Å². The number of hydrogen-bond acceptors (Lipinski definition) is 6. The fraction of sp³-hybridized carbons (Fsp3) is 0.500. The van der Waals surface area contributed by atoms with Crippen molar-refractivity contribution >= 4 is 27.7 Å². The topological polar surface area (TPSA) is 142 Å². The lowest BCUT2D eigenvalue weighted by atomic mass is 10.0. The summed E-state index contributed by atoms with van der Waals surface area (Å²) in [6.07, 6.45) is 3.57. The average molecular weight is 584 g/mol. The molecule has 2 aliphatic rings. The number of rotatable bonds is 11. The lowest BCUT2D eigenvalue weighted by Crippen LogP contribution is -2.55. The van der Waals surface area contributed by atoms with E-state index in [1.807, 2.05) is 25.1 Å². The van der Waals surface area contributed by atoms with Crippen LogP contribution in [0.5, 0.6) is 0 Å². The molecule has 4 rings (SSSR count). The molecule has 0 radical (unpaired) electrons. The van der Waals surface area contributed by atoms with E-state index in [-0.39, 0.29) is 30.5 Å². The smallest absolute Gasteiger partial charge is 0.243 e. The molecule has 0 saturated carbocycles. The number of carbonyl (C=O) groups is 3. The zero-order valence-electron chi connectivity index (χ0n) is 23.7. The Balaban J connectivity index is 1.49. The van der Waals surface area contributed by atoms with E-state index in [1.54, 1.807) is 35.2 Å². The van der Waals surface area contributed by atoms with Gasteiger partial charge in [0.1, 0.15) is 12.1 Å². The predicted octanol–water partition coefficient (Wildman–Crippen LogP) is 1.95. The lowest BCUT2D eigenvalue weighted by Gasteiger charge is -2.31. The van der Waals surface area contributed by atoms with E-state index in [4.69, 9.17) is 5.73 Å². The van der Waals surface area contributed by atoms with Crippen molar-refractivity contribution < 1.29 is 22.8 Å². The summed E-state index contributed by atoms with van der Waals surface area (Å²) in [5.74, 6) is -1.45. The molecule has 4 N–H and O–H groups in total. The van der Waals surface area contributed by atoms with Crippen LogP contribution in [-0.2, 0) is 43.2 Å². The van der Waals surface area contributed by atoms with Gasteiger partial charge < -0.3 is 20.9 Å². The molecule has 0 unspecified atom stereocenters. The van der Waals surface area contributed by atoms with Gasteiger partial charge in [0.05, 0.1) is 12.2 Å². The second-order valence-electron chi connectivity index (χ2n) is 10.9. The molecular weight excluding hydrogens is 542 g/mol. The van der Waals surface area contributed by atoms with E-state index in [9.17, 15) is 22.8 Å². The molecule has 2 aliphatic heterocycles. The van der Waals surface area contributed by atoms with Gasteiger partial charge in [-0.05, 0) is 55.7 Å². The number of benzene rings is 2. The Kier molecular flexibility index (Phi) is 10.5. The van der Waals surface area contributed by atoms with Gasteiger partial charge in [0.15, 0.2) is 0 Å². The summed E-state index contributed by atoms with van der Waals surface area (Å²) in [7, 11) is -3.96. The molecular formula is C30H41N5O5S. The third-order valence-electron chi connectivity index (χ3n) is 7.78. The second kappa shape index (κ2) is 14.1. The van der Waals surface area contributed by atoms with E-state index in [0.717, 1.165) is 36.0 Å². The Bertz CT molecular complexity index is 1330. The van der Waals surface area contributed by atoms with E-state index in [0.29, 0.717) is 44.6 Å². The zero-order chi connectivity index (χ0) is 29.4. The molecule has 222 valence electrons. The molecule has 2 atom stereocenters. The van der Waals surface area contributed by atoms with Crippen molar-refractivity contribution in [3.8, 4) is 0 Å². The van der Waals surface area contributed by atoms with Crippen LogP contribution in [-0.4, -0.2) is 67.7 Å². The van der Waals surface area contributed by atoms with Gasteiger partial charge in [-0.25, -0.2) is 13.1 Å². The number of hydrogen-bond donors (Lipinski definition) is 3. The monoisotopic (exact) mass is 583 g/mol. The Morgan fingerprint density at radius 3 is 2.41 bits per heavy atom. The average Bonchev–Trinajstić information content (AvgIpc) is 3.46. The van der Waals surface area contributed by atoms with Gasteiger partial charge in [-0.15, -0.1) is 0 Å². The van der Waals surface area contributed by atoms with E-state index in [2.05, 4.69) is 10.0 Å². The number of amides is 3. The number of sulfonamides is 1. The van der Waals surface area contributed by atoms with Crippen molar-refractivity contribution in [2.24, 2.45) is 5.73 Å². The van der Waals surface area contributed by atoms with Gasteiger partial charge >= 0.3 is 0 Å². The Morgan fingerprint density at radius 1 is 0.976 bits per heavy atom. The van der Waals surface area contributed by atoms with Crippen LogP contribution in [0.15, 0.2) is 48.5 Å². The molecule has 10 nitrogen and oxygen atoms in total. The molecule has 2 heterocycles. The number of carbonyl (C=O) groups excluding carboxylic acids is 3. The highest BCUT2D eigenvalue weighted by Crippen LogP contribution is 2.21. The quantitative estimate of drug-likeness (QED) is 0.369. The van der Waals surface area contributed by atoms with E-state index >= 15 is 0 Å². The minimum absolute atomic E-state index is 0.264. The summed E-state index contributed by atoms with van der Waals surface area (Å²) >= 11 is 0. The van der Waals surface area contributed by atoms with Crippen molar-refractivity contribution in [3.05, 3.63) is 70.8 Å². The van der Waals surface area contributed by atoms with Crippen LogP contribution >= 0.6 is 0 Å². The summed E-state index contributed by atoms with van der Waals surface area (Å²) in [6.45, 7) is 4.07. The van der Waals surface area contributed by atoms with Gasteiger partial charge in [0.25, 0.3) is 0 Å². The summed E-state index contributed by atoms with van der Waals surface area (Å²) in [5.41, 5.74) is 9.33. The standard InChI is InChI=1S/C30H41N5O5S/c1-22-12-13-24(19-31)25(17-22)20-32-29(37)27-11-8-16-35(27)30(38)26(18-28(36)34-14-6-3-7-15-34)33-41(39,40)21-23-9-4-2-5-10-23/h2,4-5,9-10,12-13,17,26-27,33H,3,6-8,11,14-16,18-21,31H2,1H3,(H,32,37)/t26-,27+/m1/s1. The minimum Gasteiger partial charge on any atom is -0.350 e. The molecule has 41 heavy (non-hydrogen) atoms. The summed E-state index contributed by atoms with van der Waals surface area (Å²) in [6, 6.07) is 12.5. The van der Waals surface area contributed by atoms with Crippen LogP contribution in [0.3, 0.4) is 0 Å². The summed E-state index contributed by atoms with van der Waals surface area (Å²) in [5, 5.41) is 2.94. The summed E-state index contributed by atoms with van der Waals surface area (Å²) in [4.78, 5) is 43.4. The van der Waals surface area contributed by atoms with Crippen LogP contribution < -0.4 is 15.8 Å². The third kappa shape index (κ3) is 8.37. The molecule has 2 saturated heterocycles. The summed E-state index contributed by atoms with van der Waals surface area (Å²) < 4.78 is 28.8. The van der Waals surface area contributed by atoms with Crippen molar-refractivity contribution in [2.75, 3.05) is 19.6 Å². The highest BCUT2D eigenvalue weighted by atomic mass is 32.2. The normalized spacial score (nSPS) is 18.2. The molecule has 3 amide bonds. The zero-order valence-corrected chi connectivity index (χ0v) is 24.5. The molecule has 2 fully saturated rings. The van der Waals surface area contributed by atoms with Gasteiger partial charge in [0, 0.05) is 32.7 Å². The number of nitrogens with zero attached hydrogens (tertiary/aromatic N) is 2. The fourth-order valence-corrected chi connectivity index (χ4v) is 6.93. The maximum absolute atomic E-state index is 13.9. The van der Waals surface area contributed by atoms with E-state index < -0.39 is 28.0 Å². The van der Waals surface area contributed by atoms with Gasteiger partial charge in [0.2, 0.25) is 27.7 Å². The first kappa shape index (κ1) is 30.7. The molecule has 11 heteroatoms. The third-order valence-corrected chi connectivity index (χ3v) is 9.14. The van der Waals surface area contributed by atoms with Crippen LogP contribution in [0.4, 0.5) is 0 Å². The molecule has 2 aromatic carbocycles. The Labute approximate surface area is 242 Å². The van der Waals surface area contributed by atoms with Crippen molar-refractivity contribution in [1.29, 1.82) is 0 Å². The fourth-order valence-electron chi connectivity index (χ4n) is 5.60. The minimum atomic E-state index is -3.96. The second-order valence-corrected chi connectivity index (χ2v) is 12.7.